The van der Waals surface area contributed by atoms with Crippen LogP contribution < -0.4 is 0 Å². The molecule has 1 aromatic heterocycles. The number of sulfonamides is 1. The van der Waals surface area contributed by atoms with Crippen molar-refractivity contribution in [3.05, 3.63) is 36.2 Å². The molecule has 1 aliphatic carbocycles. The quantitative estimate of drug-likeness (QED) is 0.922. The fourth-order valence-corrected chi connectivity index (χ4v) is 5.86. The molecular formula is C17H18N2O4S. The molecule has 2 fully saturated rings. The van der Waals surface area contributed by atoms with Crippen LogP contribution in [0.3, 0.4) is 0 Å². The van der Waals surface area contributed by atoms with Gasteiger partial charge >= 0.3 is 5.97 Å². The highest BCUT2D eigenvalue weighted by Gasteiger charge is 2.41. The largest absolute Gasteiger partial charge is 0.476 e. The molecule has 2 aliphatic rings. The fourth-order valence-electron chi connectivity index (χ4n) is 4.10. The van der Waals surface area contributed by atoms with Crippen LogP contribution in [0.2, 0.25) is 0 Å². The van der Waals surface area contributed by atoms with E-state index in [4.69, 9.17) is 0 Å². The summed E-state index contributed by atoms with van der Waals surface area (Å²) in [5, 5.41) is 10.0. The fraction of sp³-hybridized carbons (Fsp3) is 0.412. The molecule has 6 nitrogen and oxygen atoms in total. The van der Waals surface area contributed by atoms with Gasteiger partial charge in [0.15, 0.2) is 5.69 Å². The molecule has 2 atom stereocenters. The number of carbonyl (C=O) groups is 1. The molecule has 0 spiro atoms. The molecule has 1 aliphatic heterocycles. The Labute approximate surface area is 140 Å². The Hall–Kier alpha value is -1.99. The maximum Gasteiger partial charge on any atom is 0.355 e. The van der Waals surface area contributed by atoms with E-state index in [-0.39, 0.29) is 10.6 Å². The van der Waals surface area contributed by atoms with Crippen LogP contribution in [0, 0.1) is 11.8 Å². The number of carboxylic acids is 1. The summed E-state index contributed by atoms with van der Waals surface area (Å²) in [5.41, 5.74) is -0.122. The third-order valence-corrected chi connectivity index (χ3v) is 7.17. The Bertz CT molecular complexity index is 913. The molecule has 2 heterocycles. The zero-order chi connectivity index (χ0) is 16.9. The van der Waals surface area contributed by atoms with Crippen molar-refractivity contribution in [2.45, 2.75) is 24.2 Å². The van der Waals surface area contributed by atoms with Crippen LogP contribution in [0.1, 0.15) is 29.8 Å². The first kappa shape index (κ1) is 15.5. The molecule has 0 radical (unpaired) electrons. The van der Waals surface area contributed by atoms with Gasteiger partial charge in [-0.25, -0.2) is 18.2 Å². The minimum Gasteiger partial charge on any atom is -0.476 e. The van der Waals surface area contributed by atoms with E-state index >= 15 is 0 Å². The first-order chi connectivity index (χ1) is 11.5. The molecule has 0 unspecified atom stereocenters. The van der Waals surface area contributed by atoms with Crippen molar-refractivity contribution in [2.75, 3.05) is 13.1 Å². The van der Waals surface area contributed by atoms with Gasteiger partial charge in [-0.15, -0.1) is 0 Å². The summed E-state index contributed by atoms with van der Waals surface area (Å²) in [6, 6.07) is 6.31. The van der Waals surface area contributed by atoms with E-state index in [0.29, 0.717) is 35.7 Å². The lowest BCUT2D eigenvalue weighted by atomic mass is 10.0. The van der Waals surface area contributed by atoms with Gasteiger partial charge in [0.2, 0.25) is 10.0 Å². The second-order valence-electron chi connectivity index (χ2n) is 6.59. The van der Waals surface area contributed by atoms with E-state index in [9.17, 15) is 18.3 Å². The summed E-state index contributed by atoms with van der Waals surface area (Å²) in [6.45, 7) is 1.14. The molecular weight excluding hydrogens is 328 g/mol. The van der Waals surface area contributed by atoms with E-state index in [1.165, 1.54) is 12.6 Å². The van der Waals surface area contributed by atoms with Gasteiger partial charge in [-0.3, -0.25) is 0 Å². The third-order valence-electron chi connectivity index (χ3n) is 5.28. The van der Waals surface area contributed by atoms with E-state index in [1.807, 2.05) is 0 Å². The monoisotopic (exact) mass is 346 g/mol. The second kappa shape index (κ2) is 5.53. The van der Waals surface area contributed by atoms with Crippen LogP contribution >= 0.6 is 0 Å². The Morgan fingerprint density at radius 1 is 1.12 bits per heavy atom. The van der Waals surface area contributed by atoms with Crippen molar-refractivity contribution >= 4 is 26.8 Å². The first-order valence-electron chi connectivity index (χ1n) is 8.09. The van der Waals surface area contributed by atoms with Crippen molar-refractivity contribution in [2.24, 2.45) is 11.8 Å². The molecule has 2 aromatic rings. The van der Waals surface area contributed by atoms with Crippen molar-refractivity contribution in [1.29, 1.82) is 0 Å². The maximum absolute atomic E-state index is 13.1. The Balaban J connectivity index is 1.81. The van der Waals surface area contributed by atoms with Crippen LogP contribution in [0.4, 0.5) is 0 Å². The summed E-state index contributed by atoms with van der Waals surface area (Å²) in [4.78, 5) is 15.4. The highest BCUT2D eigenvalue weighted by atomic mass is 32.2. The average molecular weight is 346 g/mol. The number of pyridine rings is 1. The molecule has 1 saturated heterocycles. The smallest absolute Gasteiger partial charge is 0.355 e. The lowest BCUT2D eigenvalue weighted by molar-refractivity contribution is 0.0693. The molecule has 1 aromatic carbocycles. The molecule has 1 N–H and O–H groups in total. The lowest BCUT2D eigenvalue weighted by Crippen LogP contribution is -2.29. The van der Waals surface area contributed by atoms with Gasteiger partial charge in [0.25, 0.3) is 0 Å². The van der Waals surface area contributed by atoms with Crippen molar-refractivity contribution in [3.63, 3.8) is 0 Å². The Morgan fingerprint density at radius 2 is 1.83 bits per heavy atom. The molecule has 4 rings (SSSR count). The number of aromatic carboxylic acids is 1. The SMILES string of the molecule is O=C(O)c1nccc2c(S(=O)(=O)N3C[C@H]4CCC[C@H]4C3)cccc12. The zero-order valence-electron chi connectivity index (χ0n) is 13.1. The average Bonchev–Trinajstić information content (AvgIpc) is 3.15. The molecule has 126 valence electrons. The van der Waals surface area contributed by atoms with Gasteiger partial charge in [-0.1, -0.05) is 18.6 Å². The van der Waals surface area contributed by atoms with E-state index in [1.54, 1.807) is 28.6 Å². The van der Waals surface area contributed by atoms with Gasteiger partial charge < -0.3 is 5.11 Å². The molecule has 7 heteroatoms. The summed E-state index contributed by atoms with van der Waals surface area (Å²) >= 11 is 0. The highest BCUT2D eigenvalue weighted by Crippen LogP contribution is 2.40. The van der Waals surface area contributed by atoms with Gasteiger partial charge in [0, 0.05) is 30.1 Å². The third kappa shape index (κ3) is 2.31. The summed E-state index contributed by atoms with van der Waals surface area (Å²) in [5.74, 6) is -0.233. The van der Waals surface area contributed by atoms with Gasteiger partial charge in [-0.05, 0) is 36.8 Å². The minimum atomic E-state index is -3.64. The number of nitrogens with zero attached hydrogens (tertiary/aromatic N) is 2. The van der Waals surface area contributed by atoms with E-state index in [2.05, 4.69) is 4.98 Å². The number of hydrogen-bond donors (Lipinski definition) is 1. The Kier molecular flexibility index (Phi) is 3.58. The van der Waals surface area contributed by atoms with Crippen LogP contribution in [-0.2, 0) is 10.0 Å². The van der Waals surface area contributed by atoms with Crippen molar-refractivity contribution in [1.82, 2.24) is 9.29 Å². The standard InChI is InChI=1S/C17H18N2O4S/c20-17(21)16-14-5-2-6-15(13(14)7-8-18-16)24(22,23)19-9-11-3-1-4-12(11)10-19/h2,5-8,11-12H,1,3-4,9-10H2,(H,20,21)/t11-,12+. The number of fused-ring (bicyclic) bond motifs is 2. The molecule has 0 bridgehead atoms. The predicted molar refractivity (Wildman–Crippen MR) is 88.3 cm³/mol. The van der Waals surface area contributed by atoms with E-state index in [0.717, 1.165) is 12.8 Å². The molecule has 1 saturated carbocycles. The molecule has 0 amide bonds. The zero-order valence-corrected chi connectivity index (χ0v) is 13.9. The van der Waals surface area contributed by atoms with Gasteiger partial charge in [-0.2, -0.15) is 4.31 Å². The summed E-state index contributed by atoms with van der Waals surface area (Å²) in [7, 11) is -3.64. The number of rotatable bonds is 3. The van der Waals surface area contributed by atoms with Crippen LogP contribution in [-0.4, -0.2) is 41.9 Å². The number of benzene rings is 1. The van der Waals surface area contributed by atoms with Gasteiger partial charge in [0.05, 0.1) is 4.90 Å². The number of aromatic nitrogens is 1. The second-order valence-corrected chi connectivity index (χ2v) is 8.50. The minimum absolute atomic E-state index is 0.122. The normalized spacial score (nSPS) is 24.3. The van der Waals surface area contributed by atoms with Crippen molar-refractivity contribution < 1.29 is 18.3 Å². The lowest BCUT2D eigenvalue weighted by Gasteiger charge is -2.18. The number of carboxylic acid groups (broad SMARTS) is 1. The number of hydrogen-bond acceptors (Lipinski definition) is 4. The highest BCUT2D eigenvalue weighted by molar-refractivity contribution is 7.89. The predicted octanol–water partition coefficient (Wildman–Crippen LogP) is 2.35. The van der Waals surface area contributed by atoms with Gasteiger partial charge in [0.1, 0.15) is 0 Å². The van der Waals surface area contributed by atoms with Crippen LogP contribution in [0.5, 0.6) is 0 Å². The van der Waals surface area contributed by atoms with E-state index < -0.39 is 16.0 Å². The summed E-state index contributed by atoms with van der Waals surface area (Å²) < 4.78 is 27.8. The summed E-state index contributed by atoms with van der Waals surface area (Å²) in [6.07, 6.45) is 4.73. The molecule has 24 heavy (non-hydrogen) atoms. The van der Waals surface area contributed by atoms with Crippen LogP contribution in [0.25, 0.3) is 10.8 Å². The maximum atomic E-state index is 13.1. The van der Waals surface area contributed by atoms with Crippen molar-refractivity contribution in [3.8, 4) is 0 Å². The first-order valence-corrected chi connectivity index (χ1v) is 9.53. The Morgan fingerprint density at radius 3 is 2.50 bits per heavy atom. The van der Waals surface area contributed by atoms with Crippen LogP contribution in [0.15, 0.2) is 35.4 Å². The topological polar surface area (TPSA) is 87.6 Å².